The van der Waals surface area contributed by atoms with E-state index in [0.717, 1.165) is 17.7 Å². The zero-order chi connectivity index (χ0) is 26.6. The maximum absolute atomic E-state index is 13.0. The van der Waals surface area contributed by atoms with E-state index >= 15 is 0 Å². The van der Waals surface area contributed by atoms with Crippen molar-refractivity contribution in [2.24, 2.45) is 14.1 Å². The van der Waals surface area contributed by atoms with E-state index in [2.05, 4.69) is 18.8 Å². The van der Waals surface area contributed by atoms with Crippen LogP contribution >= 0.6 is 0 Å². The van der Waals surface area contributed by atoms with Crippen LogP contribution in [-0.2, 0) is 31.9 Å². The number of methoxy groups -OCH3 is 3. The van der Waals surface area contributed by atoms with Crippen molar-refractivity contribution in [2.45, 2.75) is 26.9 Å². The molecular weight excluding hydrogens is 506 g/mol. The molecule has 0 bridgehead atoms. The second kappa shape index (κ2) is 12.6. The number of ether oxygens (including phenoxy) is 4. The van der Waals surface area contributed by atoms with Crippen LogP contribution in [0.3, 0.4) is 0 Å². The van der Waals surface area contributed by atoms with E-state index in [9.17, 15) is 14.4 Å². The number of carbonyl (C=O) groups excluding carboxylic acids is 1. The lowest BCUT2D eigenvalue weighted by molar-refractivity contribution is -0.911. The molecule has 0 radical (unpaired) electrons. The predicted molar refractivity (Wildman–Crippen MR) is 132 cm³/mol. The SMILES string of the molecule is CC[NH+](CC)Cc1nc2c(c(=O)n(C)c(=O)n2C)n1CCOC(=O)c1cc(OC)c(OC)c(OC)c1.[Cl-]. The number of halogens is 1. The third-order valence-electron chi connectivity index (χ3n) is 6.28. The molecular formula is C24H34ClN5O7. The molecule has 204 valence electrons. The minimum absolute atomic E-state index is 0. The zero-order valence-electron chi connectivity index (χ0n) is 22.2. The molecule has 1 aromatic carbocycles. The molecule has 0 amide bonds. The van der Waals surface area contributed by atoms with Gasteiger partial charge in [-0.2, -0.15) is 0 Å². The second-order valence-electron chi connectivity index (χ2n) is 8.24. The molecule has 37 heavy (non-hydrogen) atoms. The van der Waals surface area contributed by atoms with Crippen LogP contribution in [0.4, 0.5) is 0 Å². The molecule has 0 saturated heterocycles. The average molecular weight is 540 g/mol. The summed E-state index contributed by atoms with van der Waals surface area (Å²) in [6.45, 7) is 6.60. The Kier molecular flexibility index (Phi) is 10.2. The molecule has 0 unspecified atom stereocenters. The smallest absolute Gasteiger partial charge is 0.338 e. The van der Waals surface area contributed by atoms with Gasteiger partial charge in [-0.1, -0.05) is 0 Å². The first-order chi connectivity index (χ1) is 17.2. The van der Waals surface area contributed by atoms with Gasteiger partial charge in [0.25, 0.3) is 5.56 Å². The number of hydrogen-bond donors (Lipinski definition) is 1. The summed E-state index contributed by atoms with van der Waals surface area (Å²) < 4.78 is 25.6. The van der Waals surface area contributed by atoms with Crippen LogP contribution < -0.4 is 42.8 Å². The van der Waals surface area contributed by atoms with Gasteiger partial charge in [0.05, 0.1) is 46.5 Å². The molecule has 3 rings (SSSR count). The predicted octanol–water partition coefficient (Wildman–Crippen LogP) is -3.25. The molecule has 0 aliphatic rings. The summed E-state index contributed by atoms with van der Waals surface area (Å²) in [7, 11) is 7.42. The van der Waals surface area contributed by atoms with E-state index in [4.69, 9.17) is 18.9 Å². The first kappa shape index (κ1) is 29.7. The number of hydrogen-bond acceptors (Lipinski definition) is 8. The number of nitrogens with one attached hydrogen (secondary N) is 1. The number of imidazole rings is 1. The van der Waals surface area contributed by atoms with Crippen LogP contribution in [0.15, 0.2) is 21.7 Å². The molecule has 0 atom stereocenters. The maximum Gasteiger partial charge on any atom is 0.338 e. The van der Waals surface area contributed by atoms with E-state index in [-0.39, 0.29) is 31.1 Å². The minimum atomic E-state index is -0.588. The minimum Gasteiger partial charge on any atom is -1.00 e. The molecule has 0 spiro atoms. The highest BCUT2D eigenvalue weighted by Gasteiger charge is 2.22. The topological polar surface area (TPSA) is 120 Å². The van der Waals surface area contributed by atoms with E-state index < -0.39 is 17.2 Å². The fourth-order valence-electron chi connectivity index (χ4n) is 4.10. The van der Waals surface area contributed by atoms with Crippen molar-refractivity contribution in [3.63, 3.8) is 0 Å². The van der Waals surface area contributed by atoms with Gasteiger partial charge in [0, 0.05) is 14.1 Å². The quantitative estimate of drug-likeness (QED) is 0.252. The van der Waals surface area contributed by atoms with E-state index in [1.807, 2.05) is 0 Å². The number of fused-ring (bicyclic) bond motifs is 1. The third-order valence-corrected chi connectivity index (χ3v) is 6.28. The molecule has 12 nitrogen and oxygen atoms in total. The van der Waals surface area contributed by atoms with Crippen LogP contribution in [0.25, 0.3) is 11.2 Å². The van der Waals surface area contributed by atoms with Gasteiger partial charge in [0.15, 0.2) is 28.5 Å². The molecule has 2 aromatic heterocycles. The molecule has 2 heterocycles. The number of esters is 1. The average Bonchev–Trinajstić information content (AvgIpc) is 3.26. The van der Waals surface area contributed by atoms with E-state index in [0.29, 0.717) is 40.8 Å². The molecule has 0 fully saturated rings. The number of aromatic nitrogens is 4. The van der Waals surface area contributed by atoms with E-state index in [1.54, 1.807) is 11.6 Å². The Labute approximate surface area is 220 Å². The van der Waals surface area contributed by atoms with Gasteiger partial charge in [-0.3, -0.25) is 13.9 Å². The molecule has 0 aliphatic heterocycles. The molecule has 3 aromatic rings. The van der Waals surface area contributed by atoms with E-state index in [1.165, 1.54) is 50.0 Å². The lowest BCUT2D eigenvalue weighted by Gasteiger charge is -2.16. The Balaban J connectivity index is 0.00000481. The summed E-state index contributed by atoms with van der Waals surface area (Å²) in [6.07, 6.45) is 0. The van der Waals surface area contributed by atoms with Crippen LogP contribution in [-0.4, -0.2) is 65.7 Å². The lowest BCUT2D eigenvalue weighted by atomic mass is 10.2. The highest BCUT2D eigenvalue weighted by atomic mass is 35.5. The van der Waals surface area contributed by atoms with Crippen molar-refractivity contribution in [3.05, 3.63) is 44.4 Å². The van der Waals surface area contributed by atoms with Gasteiger partial charge in [-0.15, -0.1) is 0 Å². The summed E-state index contributed by atoms with van der Waals surface area (Å²) in [5, 5.41) is 0. The summed E-state index contributed by atoms with van der Waals surface area (Å²) in [5.41, 5.74) is -0.0678. The van der Waals surface area contributed by atoms with Crippen LogP contribution in [0.5, 0.6) is 17.2 Å². The second-order valence-corrected chi connectivity index (χ2v) is 8.24. The Morgan fingerprint density at radius 3 is 2.08 bits per heavy atom. The molecule has 13 heteroatoms. The fourth-order valence-corrected chi connectivity index (χ4v) is 4.10. The zero-order valence-corrected chi connectivity index (χ0v) is 23.0. The molecule has 1 N–H and O–H groups in total. The van der Waals surface area contributed by atoms with Gasteiger partial charge in [-0.25, -0.2) is 14.6 Å². The van der Waals surface area contributed by atoms with Crippen molar-refractivity contribution in [3.8, 4) is 17.2 Å². The summed E-state index contributed by atoms with van der Waals surface area (Å²) in [4.78, 5) is 44.2. The van der Waals surface area contributed by atoms with Crippen molar-refractivity contribution in [1.29, 1.82) is 0 Å². The normalized spacial score (nSPS) is 10.9. The van der Waals surface area contributed by atoms with Gasteiger partial charge < -0.3 is 40.8 Å². The first-order valence-corrected chi connectivity index (χ1v) is 11.7. The Bertz CT molecular complexity index is 1350. The van der Waals surface area contributed by atoms with Crippen molar-refractivity contribution < 1.29 is 41.0 Å². The van der Waals surface area contributed by atoms with Crippen molar-refractivity contribution in [2.75, 3.05) is 41.0 Å². The Morgan fingerprint density at radius 1 is 0.973 bits per heavy atom. The number of nitrogens with zero attached hydrogens (tertiary/aromatic N) is 4. The maximum atomic E-state index is 13.0. The van der Waals surface area contributed by atoms with Crippen LogP contribution in [0.1, 0.15) is 30.0 Å². The Morgan fingerprint density at radius 2 is 1.57 bits per heavy atom. The van der Waals surface area contributed by atoms with Gasteiger partial charge >= 0.3 is 11.7 Å². The van der Waals surface area contributed by atoms with Gasteiger partial charge in [0.1, 0.15) is 13.2 Å². The summed E-state index contributed by atoms with van der Waals surface area (Å²) in [6, 6.07) is 3.02. The Hall–Kier alpha value is -3.51. The fraction of sp³-hybridized carbons (Fsp3) is 0.500. The van der Waals surface area contributed by atoms with Crippen LogP contribution in [0, 0.1) is 0 Å². The molecule has 0 aliphatic carbocycles. The largest absolute Gasteiger partial charge is 1.00 e. The number of benzene rings is 1. The highest BCUT2D eigenvalue weighted by molar-refractivity contribution is 5.91. The van der Waals surface area contributed by atoms with Gasteiger partial charge in [-0.05, 0) is 26.0 Å². The number of carbonyl (C=O) groups is 1. The number of aryl methyl sites for hydroxylation is 1. The van der Waals surface area contributed by atoms with Crippen molar-refractivity contribution >= 4 is 17.1 Å². The third kappa shape index (κ3) is 5.75. The van der Waals surface area contributed by atoms with Gasteiger partial charge in [0.2, 0.25) is 5.75 Å². The standard InChI is InChI=1S/C24H33N5O7.ClH/c1-8-28(9-2)14-18-25-21-19(22(30)27(4)24(32)26(21)3)29(18)10-11-36-23(31)15-12-16(33-5)20(35-7)17(13-15)34-6;/h12-13H,8-11,14H2,1-7H3;1H. The van der Waals surface area contributed by atoms with Crippen LogP contribution in [0.2, 0.25) is 0 Å². The first-order valence-electron chi connectivity index (χ1n) is 11.7. The highest BCUT2D eigenvalue weighted by Crippen LogP contribution is 2.38. The number of quaternary nitrogens is 1. The monoisotopic (exact) mass is 539 g/mol. The van der Waals surface area contributed by atoms with Crippen molar-refractivity contribution in [1.82, 2.24) is 18.7 Å². The summed E-state index contributed by atoms with van der Waals surface area (Å²) >= 11 is 0. The molecule has 0 saturated carbocycles. The lowest BCUT2D eigenvalue weighted by Crippen LogP contribution is -3.10. The summed E-state index contributed by atoms with van der Waals surface area (Å²) in [5.74, 6) is 1.09. The number of rotatable bonds is 11.